The summed E-state index contributed by atoms with van der Waals surface area (Å²) in [6, 6.07) is 26.0. The van der Waals surface area contributed by atoms with Gasteiger partial charge in [0.1, 0.15) is 0 Å². The van der Waals surface area contributed by atoms with Gasteiger partial charge in [0.25, 0.3) is 0 Å². The van der Waals surface area contributed by atoms with Crippen LogP contribution in [0.4, 0.5) is 5.69 Å². The van der Waals surface area contributed by atoms with E-state index < -0.39 is 0 Å². The molecule has 1 nitrogen and oxygen atoms in total. The predicted molar refractivity (Wildman–Crippen MR) is 239 cm³/mol. The molecule has 2 aromatic carbocycles. The van der Waals surface area contributed by atoms with Gasteiger partial charge in [-0.3, -0.25) is 0 Å². The Morgan fingerprint density at radius 2 is 0.951 bits per heavy atom. The Morgan fingerprint density at radius 1 is 0.475 bits per heavy atom. The van der Waals surface area contributed by atoms with E-state index in [-0.39, 0.29) is 10.8 Å². The maximum Gasteiger partial charge on any atom is 0.0655 e. The lowest BCUT2D eigenvalue weighted by Gasteiger charge is -2.69. The third kappa shape index (κ3) is 2.93. The molecule has 1 saturated heterocycles. The first kappa shape index (κ1) is 33.0. The van der Waals surface area contributed by atoms with Crippen LogP contribution in [0.2, 0.25) is 0 Å². The first-order valence-corrected chi connectivity index (χ1v) is 27.3. The van der Waals surface area contributed by atoms with Crippen molar-refractivity contribution in [2.45, 2.75) is 102 Å². The van der Waals surface area contributed by atoms with Crippen molar-refractivity contribution in [3.8, 4) is 0 Å². The summed E-state index contributed by atoms with van der Waals surface area (Å²) >= 11 is 0. The van der Waals surface area contributed by atoms with Gasteiger partial charge in [0.2, 0.25) is 0 Å². The Bertz CT molecular complexity index is 2450. The second-order valence-corrected chi connectivity index (χ2v) is 26.3. The van der Waals surface area contributed by atoms with E-state index in [1.165, 1.54) is 44.9 Å². The van der Waals surface area contributed by atoms with Crippen LogP contribution in [0.5, 0.6) is 0 Å². The van der Waals surface area contributed by atoms with Gasteiger partial charge in [0.05, 0.1) is 6.04 Å². The van der Waals surface area contributed by atoms with Crippen molar-refractivity contribution in [2.75, 3.05) is 4.90 Å². The normalized spacial score (nSPS) is 61.9. The summed E-state index contributed by atoms with van der Waals surface area (Å²) in [5.74, 6) is 25.3. The van der Waals surface area contributed by atoms with Crippen LogP contribution >= 0.6 is 0 Å². The van der Waals surface area contributed by atoms with Crippen molar-refractivity contribution in [3.05, 3.63) is 101 Å². The number of para-hydroxylation sites is 1. The fourth-order valence-electron chi connectivity index (χ4n) is 28.1. The third-order valence-electron chi connectivity index (χ3n) is 26.9. The third-order valence-corrected chi connectivity index (χ3v) is 26.9. The van der Waals surface area contributed by atoms with Crippen molar-refractivity contribution < 1.29 is 0 Å². The topological polar surface area (TPSA) is 3.24 Å². The van der Waals surface area contributed by atoms with Crippen LogP contribution in [0.1, 0.15) is 102 Å². The summed E-state index contributed by atoms with van der Waals surface area (Å²) < 4.78 is 0. The molecule has 0 amide bonds. The summed E-state index contributed by atoms with van der Waals surface area (Å²) in [6.07, 6.45) is 25.6. The molecule has 0 aromatic heterocycles. The molecule has 28 atom stereocenters. The molecule has 19 rings (SSSR count). The SMILES string of the molecule is CCCCCCC1N(c2ccccc2)C(c2ccccc2)C23C4=C5CCC6C7CCC8C9CCC%10C%11CCC%12=C(C=C4)C12C1C%12C%11C2C%10C9C4C8C7C7C6C5C3C3C7C4C2C31. The number of fused-ring (bicyclic) bond motifs is 3. The molecule has 1 aliphatic heterocycles. The first-order valence-electron chi connectivity index (χ1n) is 27.3. The number of nitrogens with zero attached hydrogens (tertiary/aromatic N) is 1. The Kier molecular flexibility index (Phi) is 5.57. The standard InChI is InChI=1S/C60H67N/c1-2-3-4-11-16-39-59-37-25-26-38-36-24-22-34-32-20-18-30-29-17-19-31-33-21-23-35(37)46-44(33)49-42(31)40(29)48-41(30)43(32)50-45(34)47(36)57(55-53(50)51(48)52(49)54(55)56(46)59)60(38,59)58(27-12-7-5-8-13-27)61(39)28-14-9-6-10-15-28/h5-10,12-15,25-26,29-34,39-58H,2-4,11,16-24H2,1H3. The van der Waals surface area contributed by atoms with Gasteiger partial charge in [0, 0.05) is 22.6 Å². The largest absolute Gasteiger partial charge is 0.360 e. The van der Waals surface area contributed by atoms with Crippen molar-refractivity contribution in [1.29, 1.82) is 0 Å². The number of rotatable bonds is 7. The highest BCUT2D eigenvalue weighted by molar-refractivity contribution is 5.71. The second kappa shape index (κ2) is 10.3. The maximum absolute atomic E-state index is 3.30. The molecule has 0 radical (unpaired) electrons. The van der Waals surface area contributed by atoms with E-state index in [9.17, 15) is 0 Å². The Balaban J connectivity index is 0.982. The lowest BCUT2D eigenvalue weighted by atomic mass is 9.32. The van der Waals surface area contributed by atoms with Crippen LogP contribution in [0.15, 0.2) is 95.1 Å². The van der Waals surface area contributed by atoms with E-state index >= 15 is 0 Å². The predicted octanol–water partition coefficient (Wildman–Crippen LogP) is 12.8. The first-order chi connectivity index (χ1) is 30.3. The maximum atomic E-state index is 3.30. The smallest absolute Gasteiger partial charge is 0.0655 e. The molecule has 17 aliphatic rings. The van der Waals surface area contributed by atoms with E-state index in [2.05, 4.69) is 95.8 Å². The van der Waals surface area contributed by atoms with E-state index in [0.29, 0.717) is 12.1 Å². The molecular weight excluding hydrogens is 735 g/mol. The number of benzene rings is 2. The van der Waals surface area contributed by atoms with Crippen LogP contribution in [-0.4, -0.2) is 6.04 Å². The minimum absolute atomic E-state index is 0.203. The van der Waals surface area contributed by atoms with Crippen molar-refractivity contribution in [1.82, 2.24) is 0 Å². The van der Waals surface area contributed by atoms with E-state index in [1.807, 2.05) is 11.1 Å². The minimum Gasteiger partial charge on any atom is -0.360 e. The molecule has 0 N–H and O–H groups in total. The average molecular weight is 802 g/mol. The van der Waals surface area contributed by atoms with Gasteiger partial charge in [-0.2, -0.15) is 0 Å². The molecule has 14 fully saturated rings. The van der Waals surface area contributed by atoms with E-state index in [4.69, 9.17) is 0 Å². The highest BCUT2D eigenvalue weighted by Crippen LogP contribution is 2.97. The molecule has 13 saturated carbocycles. The average Bonchev–Trinajstić information content (AvgIpc) is 4.15. The van der Waals surface area contributed by atoms with Gasteiger partial charge in [-0.1, -0.05) is 104 Å². The summed E-state index contributed by atoms with van der Waals surface area (Å²) in [5, 5.41) is 0. The fourth-order valence-corrected chi connectivity index (χ4v) is 28.1. The Labute approximate surface area is 365 Å². The molecule has 2 spiro atoms. The van der Waals surface area contributed by atoms with Gasteiger partial charge < -0.3 is 4.90 Å². The summed E-state index contributed by atoms with van der Waals surface area (Å²) in [6.45, 7) is 2.45. The number of hydrogen-bond donors (Lipinski definition) is 0. The zero-order chi connectivity index (χ0) is 38.7. The fraction of sp³-hybridized carbons (Fsp3) is 0.700. The number of allylic oxidation sites excluding steroid dienone is 4. The van der Waals surface area contributed by atoms with E-state index in [0.717, 1.165) is 142 Å². The zero-order valence-electron chi connectivity index (χ0n) is 36.6. The van der Waals surface area contributed by atoms with Crippen LogP contribution in [0.3, 0.4) is 0 Å². The van der Waals surface area contributed by atoms with Gasteiger partial charge in [-0.15, -0.1) is 0 Å². The molecular formula is C60H67N. The van der Waals surface area contributed by atoms with Crippen LogP contribution < -0.4 is 4.90 Å². The van der Waals surface area contributed by atoms with Crippen molar-refractivity contribution >= 4 is 5.69 Å². The quantitative estimate of drug-likeness (QED) is 0.252. The molecule has 1 heteroatoms. The van der Waals surface area contributed by atoms with Crippen molar-refractivity contribution in [3.63, 3.8) is 0 Å². The Morgan fingerprint density at radius 3 is 1.52 bits per heavy atom. The summed E-state index contributed by atoms with van der Waals surface area (Å²) in [4.78, 5) is 3.30. The monoisotopic (exact) mass is 802 g/mol. The molecule has 16 aliphatic carbocycles. The molecule has 0 bridgehead atoms. The Hall–Kier alpha value is -2.54. The number of hydrogen-bond acceptors (Lipinski definition) is 1. The summed E-state index contributed by atoms with van der Waals surface area (Å²) in [7, 11) is 0. The lowest BCUT2D eigenvalue weighted by Crippen LogP contribution is -2.68. The van der Waals surface area contributed by atoms with Crippen LogP contribution in [0, 0.1) is 153 Å². The van der Waals surface area contributed by atoms with Crippen molar-refractivity contribution in [2.24, 2.45) is 153 Å². The molecule has 312 valence electrons. The van der Waals surface area contributed by atoms with Gasteiger partial charge in [-0.05, 0) is 229 Å². The van der Waals surface area contributed by atoms with Gasteiger partial charge >= 0.3 is 0 Å². The molecule has 1 heterocycles. The van der Waals surface area contributed by atoms with Crippen LogP contribution in [-0.2, 0) is 0 Å². The second-order valence-electron chi connectivity index (χ2n) is 26.3. The molecule has 61 heavy (non-hydrogen) atoms. The number of unbranched alkanes of at least 4 members (excludes halogenated alkanes) is 3. The van der Waals surface area contributed by atoms with Gasteiger partial charge in [0.15, 0.2) is 0 Å². The van der Waals surface area contributed by atoms with E-state index in [1.54, 1.807) is 49.8 Å². The zero-order valence-corrected chi connectivity index (χ0v) is 36.6. The molecule has 28 unspecified atom stereocenters. The lowest BCUT2D eigenvalue weighted by molar-refractivity contribution is -0.196. The van der Waals surface area contributed by atoms with Crippen LogP contribution in [0.25, 0.3) is 0 Å². The highest BCUT2D eigenvalue weighted by atomic mass is 15.3. The summed E-state index contributed by atoms with van der Waals surface area (Å²) in [5.41, 5.74) is 12.0. The minimum atomic E-state index is 0.203. The number of anilines is 1. The van der Waals surface area contributed by atoms with Gasteiger partial charge in [-0.25, -0.2) is 0 Å². The molecule has 2 aromatic rings. The highest BCUT2D eigenvalue weighted by Gasteiger charge is 2.94.